The maximum atomic E-state index is 12.9. The second-order valence-electron chi connectivity index (χ2n) is 7.00. The van der Waals surface area contributed by atoms with Gasteiger partial charge in [0, 0.05) is 31.7 Å². The van der Waals surface area contributed by atoms with Crippen molar-refractivity contribution in [3.8, 4) is 29.0 Å². The van der Waals surface area contributed by atoms with Crippen LogP contribution in [0.25, 0.3) is 11.5 Å². The molecule has 1 aliphatic heterocycles. The Balaban J connectivity index is 1.50. The van der Waals surface area contributed by atoms with Gasteiger partial charge < -0.3 is 23.7 Å². The van der Waals surface area contributed by atoms with Crippen LogP contribution in [0.3, 0.4) is 0 Å². The van der Waals surface area contributed by atoms with Crippen LogP contribution in [-0.2, 0) is 0 Å². The number of carbonyl (C=O) groups excluding carboxylic acids is 1. The summed E-state index contributed by atoms with van der Waals surface area (Å²) in [6.07, 6.45) is 0. The molecular weight excluding hydrogens is 396 g/mol. The Morgan fingerprint density at radius 1 is 1.06 bits per heavy atom. The summed E-state index contributed by atoms with van der Waals surface area (Å²) in [6.45, 7) is 2.05. The molecule has 0 atom stereocenters. The van der Waals surface area contributed by atoms with Crippen LogP contribution in [0.4, 0.5) is 5.88 Å². The molecule has 1 saturated heterocycles. The molecule has 2 heterocycles. The third-order valence-electron chi connectivity index (χ3n) is 5.22. The van der Waals surface area contributed by atoms with E-state index in [0.717, 1.165) is 5.56 Å². The van der Waals surface area contributed by atoms with E-state index < -0.39 is 0 Å². The fourth-order valence-electron chi connectivity index (χ4n) is 3.58. The SMILES string of the molecule is COc1cccc(-c2nc(C#N)c(N3CCN(C(=O)c4ccccc4OC)CC3)o2)c1. The summed E-state index contributed by atoms with van der Waals surface area (Å²) in [4.78, 5) is 21.0. The highest BCUT2D eigenvalue weighted by Crippen LogP contribution is 2.30. The van der Waals surface area contributed by atoms with Crippen molar-refractivity contribution in [1.29, 1.82) is 5.26 Å². The highest BCUT2D eigenvalue weighted by Gasteiger charge is 2.28. The maximum Gasteiger partial charge on any atom is 0.257 e. The van der Waals surface area contributed by atoms with Crippen LogP contribution in [0.5, 0.6) is 11.5 Å². The van der Waals surface area contributed by atoms with Gasteiger partial charge in [0.25, 0.3) is 5.91 Å². The Labute approximate surface area is 180 Å². The molecule has 0 unspecified atom stereocenters. The average molecular weight is 418 g/mol. The van der Waals surface area contributed by atoms with Gasteiger partial charge in [-0.25, -0.2) is 0 Å². The van der Waals surface area contributed by atoms with Gasteiger partial charge in [-0.2, -0.15) is 10.2 Å². The Kier molecular flexibility index (Phi) is 5.76. The number of rotatable bonds is 5. The molecule has 0 aliphatic carbocycles. The van der Waals surface area contributed by atoms with Gasteiger partial charge >= 0.3 is 0 Å². The summed E-state index contributed by atoms with van der Waals surface area (Å²) >= 11 is 0. The predicted octanol–water partition coefficient (Wildman–Crippen LogP) is 3.19. The van der Waals surface area contributed by atoms with Crippen molar-refractivity contribution in [3.63, 3.8) is 0 Å². The molecule has 4 rings (SSSR count). The van der Waals surface area contributed by atoms with Crippen LogP contribution in [-0.4, -0.2) is 56.2 Å². The number of amides is 1. The zero-order valence-electron chi connectivity index (χ0n) is 17.4. The van der Waals surface area contributed by atoms with Crippen molar-refractivity contribution in [2.45, 2.75) is 0 Å². The number of anilines is 1. The third-order valence-corrected chi connectivity index (χ3v) is 5.22. The number of benzene rings is 2. The number of nitrogens with zero attached hydrogens (tertiary/aromatic N) is 4. The number of nitriles is 1. The number of para-hydroxylation sites is 1. The second kappa shape index (κ2) is 8.79. The lowest BCUT2D eigenvalue weighted by molar-refractivity contribution is 0.0742. The molecule has 3 aromatic rings. The van der Waals surface area contributed by atoms with E-state index in [9.17, 15) is 10.1 Å². The first-order valence-electron chi connectivity index (χ1n) is 9.87. The molecule has 1 aliphatic rings. The molecular formula is C23H22N4O4. The highest BCUT2D eigenvalue weighted by molar-refractivity contribution is 5.97. The lowest BCUT2D eigenvalue weighted by Crippen LogP contribution is -2.49. The Morgan fingerprint density at radius 2 is 1.84 bits per heavy atom. The number of ether oxygens (including phenoxy) is 2. The largest absolute Gasteiger partial charge is 0.497 e. The van der Waals surface area contributed by atoms with E-state index in [2.05, 4.69) is 11.1 Å². The van der Waals surface area contributed by atoms with Crippen molar-refractivity contribution < 1.29 is 18.7 Å². The Morgan fingerprint density at radius 3 is 2.55 bits per heavy atom. The van der Waals surface area contributed by atoms with Crippen LogP contribution in [0.1, 0.15) is 16.1 Å². The smallest absolute Gasteiger partial charge is 0.257 e. The fourth-order valence-corrected chi connectivity index (χ4v) is 3.58. The van der Waals surface area contributed by atoms with E-state index in [0.29, 0.717) is 55.0 Å². The minimum absolute atomic E-state index is 0.0766. The minimum Gasteiger partial charge on any atom is -0.497 e. The molecule has 0 N–H and O–H groups in total. The van der Waals surface area contributed by atoms with Gasteiger partial charge in [-0.1, -0.05) is 18.2 Å². The molecule has 158 valence electrons. The molecule has 31 heavy (non-hydrogen) atoms. The minimum atomic E-state index is -0.0766. The number of carbonyl (C=O) groups is 1. The quantitative estimate of drug-likeness (QED) is 0.628. The summed E-state index contributed by atoms with van der Waals surface area (Å²) in [5.41, 5.74) is 1.49. The lowest BCUT2D eigenvalue weighted by Gasteiger charge is -2.34. The molecule has 8 heteroatoms. The molecule has 2 aromatic carbocycles. The van der Waals surface area contributed by atoms with Crippen LogP contribution >= 0.6 is 0 Å². The third kappa shape index (κ3) is 4.03. The van der Waals surface area contributed by atoms with Crippen molar-refractivity contribution in [2.75, 3.05) is 45.3 Å². The first-order valence-corrected chi connectivity index (χ1v) is 9.87. The summed E-state index contributed by atoms with van der Waals surface area (Å²) in [7, 11) is 3.14. The number of hydrogen-bond donors (Lipinski definition) is 0. The average Bonchev–Trinajstić information content (AvgIpc) is 3.28. The Bertz CT molecular complexity index is 1130. The summed E-state index contributed by atoms with van der Waals surface area (Å²) in [5.74, 6) is 1.94. The fraction of sp³-hybridized carbons (Fsp3) is 0.261. The van der Waals surface area contributed by atoms with E-state index in [1.165, 1.54) is 0 Å². The zero-order valence-corrected chi connectivity index (χ0v) is 17.4. The maximum absolute atomic E-state index is 12.9. The van der Waals surface area contributed by atoms with E-state index in [1.807, 2.05) is 35.2 Å². The van der Waals surface area contributed by atoms with Crippen molar-refractivity contribution in [3.05, 3.63) is 59.8 Å². The number of hydrogen-bond acceptors (Lipinski definition) is 7. The summed E-state index contributed by atoms with van der Waals surface area (Å²) in [6, 6.07) is 16.6. The normalized spacial score (nSPS) is 13.6. The van der Waals surface area contributed by atoms with E-state index >= 15 is 0 Å². The Hall–Kier alpha value is -3.99. The molecule has 1 aromatic heterocycles. The van der Waals surface area contributed by atoms with Gasteiger partial charge in [0.05, 0.1) is 19.8 Å². The van der Waals surface area contributed by atoms with E-state index in [-0.39, 0.29) is 11.6 Å². The van der Waals surface area contributed by atoms with Gasteiger partial charge in [-0.3, -0.25) is 4.79 Å². The molecule has 0 spiro atoms. The van der Waals surface area contributed by atoms with Gasteiger partial charge in [0.2, 0.25) is 17.5 Å². The topological polar surface area (TPSA) is 91.8 Å². The predicted molar refractivity (Wildman–Crippen MR) is 114 cm³/mol. The van der Waals surface area contributed by atoms with Crippen LogP contribution in [0, 0.1) is 11.3 Å². The molecule has 8 nitrogen and oxygen atoms in total. The molecule has 1 fully saturated rings. The van der Waals surface area contributed by atoms with Gasteiger partial charge in [0.1, 0.15) is 17.6 Å². The lowest BCUT2D eigenvalue weighted by atomic mass is 10.1. The van der Waals surface area contributed by atoms with Gasteiger partial charge in [-0.15, -0.1) is 0 Å². The molecule has 0 bridgehead atoms. The van der Waals surface area contributed by atoms with Crippen molar-refractivity contribution in [2.24, 2.45) is 0 Å². The van der Waals surface area contributed by atoms with Gasteiger partial charge in [-0.05, 0) is 30.3 Å². The molecule has 0 saturated carbocycles. The number of aromatic nitrogens is 1. The number of piperazine rings is 1. The highest BCUT2D eigenvalue weighted by atomic mass is 16.5. The van der Waals surface area contributed by atoms with Crippen LogP contribution in [0.15, 0.2) is 52.9 Å². The summed E-state index contributed by atoms with van der Waals surface area (Å²) < 4.78 is 16.5. The zero-order chi connectivity index (χ0) is 21.8. The first-order chi connectivity index (χ1) is 15.1. The number of oxazole rings is 1. The molecule has 1 amide bonds. The van der Waals surface area contributed by atoms with Crippen LogP contribution < -0.4 is 14.4 Å². The second-order valence-corrected chi connectivity index (χ2v) is 7.00. The standard InChI is InChI=1S/C23H22N4O4/c1-29-17-7-5-6-16(14-17)21-25-19(15-24)23(31-21)27-12-10-26(11-13-27)22(28)18-8-3-4-9-20(18)30-2/h3-9,14H,10-13H2,1-2H3. The molecule has 0 radical (unpaired) electrons. The van der Waals surface area contributed by atoms with Crippen LogP contribution in [0.2, 0.25) is 0 Å². The number of methoxy groups -OCH3 is 2. The first kappa shape index (κ1) is 20.3. The van der Waals surface area contributed by atoms with E-state index in [4.69, 9.17) is 13.9 Å². The monoisotopic (exact) mass is 418 g/mol. The summed E-state index contributed by atoms with van der Waals surface area (Å²) in [5, 5.41) is 9.55. The van der Waals surface area contributed by atoms with Gasteiger partial charge in [0.15, 0.2) is 0 Å². The van der Waals surface area contributed by atoms with Crippen molar-refractivity contribution in [1.82, 2.24) is 9.88 Å². The van der Waals surface area contributed by atoms with Crippen molar-refractivity contribution >= 4 is 11.8 Å². The van der Waals surface area contributed by atoms with E-state index in [1.54, 1.807) is 37.3 Å².